The lowest BCUT2D eigenvalue weighted by Crippen LogP contribution is -2.14. The minimum absolute atomic E-state index is 0.0267. The Morgan fingerprint density at radius 2 is 2.43 bits per heavy atom. The Bertz CT molecular complexity index is 621. The summed E-state index contributed by atoms with van der Waals surface area (Å²) in [5.74, 6) is -0.154. The van der Waals surface area contributed by atoms with Crippen molar-refractivity contribution in [3.8, 4) is 0 Å². The molecular weight excluding hydrogens is 310 g/mol. The van der Waals surface area contributed by atoms with Gasteiger partial charge in [0.2, 0.25) is 11.0 Å². The van der Waals surface area contributed by atoms with Crippen molar-refractivity contribution in [1.29, 1.82) is 0 Å². The van der Waals surface area contributed by atoms with Crippen molar-refractivity contribution < 1.29 is 9.53 Å². The van der Waals surface area contributed by atoms with Gasteiger partial charge in [-0.15, -0.1) is 21.5 Å². The number of anilines is 1. The highest BCUT2D eigenvalue weighted by Gasteiger charge is 2.22. The molecule has 0 aromatic carbocycles. The van der Waals surface area contributed by atoms with E-state index in [-0.39, 0.29) is 18.4 Å². The Morgan fingerprint density at radius 1 is 1.52 bits per heavy atom. The molecule has 0 bridgehead atoms. The fourth-order valence-corrected chi connectivity index (χ4v) is 3.56. The molecule has 0 saturated carbocycles. The van der Waals surface area contributed by atoms with Gasteiger partial charge in [-0.3, -0.25) is 4.79 Å². The molecule has 7 nitrogen and oxygen atoms in total. The van der Waals surface area contributed by atoms with Crippen LogP contribution in [0, 0.1) is 0 Å². The number of aromatic nitrogens is 3. The zero-order chi connectivity index (χ0) is 14.7. The summed E-state index contributed by atoms with van der Waals surface area (Å²) < 4.78 is 5.54. The number of amides is 1. The molecule has 3 heterocycles. The summed E-state index contributed by atoms with van der Waals surface area (Å²) in [5, 5.41) is 14.8. The van der Waals surface area contributed by atoms with Gasteiger partial charge in [0.1, 0.15) is 16.1 Å². The molecule has 9 heteroatoms. The van der Waals surface area contributed by atoms with Crippen LogP contribution in [-0.4, -0.2) is 27.7 Å². The van der Waals surface area contributed by atoms with E-state index in [1.807, 2.05) is 5.38 Å². The molecular formula is C12H15N5O2S2. The number of thiazole rings is 1. The minimum atomic E-state index is -0.154. The van der Waals surface area contributed by atoms with Crippen LogP contribution < -0.4 is 11.1 Å². The maximum atomic E-state index is 11.9. The second kappa shape index (κ2) is 6.56. The summed E-state index contributed by atoms with van der Waals surface area (Å²) in [6.07, 6.45) is 2.24. The van der Waals surface area contributed by atoms with Crippen molar-refractivity contribution in [3.63, 3.8) is 0 Å². The van der Waals surface area contributed by atoms with Crippen molar-refractivity contribution in [2.75, 3.05) is 11.9 Å². The monoisotopic (exact) mass is 325 g/mol. The number of nitrogens with zero attached hydrogens (tertiary/aromatic N) is 3. The lowest BCUT2D eigenvalue weighted by Gasteiger charge is -2.02. The average Bonchev–Trinajstić information content (AvgIpc) is 3.19. The van der Waals surface area contributed by atoms with E-state index in [4.69, 9.17) is 10.5 Å². The SMILES string of the molecule is NCc1nc(CC(=O)Nc2nnc(C3CCCO3)s2)cs1. The largest absolute Gasteiger partial charge is 0.371 e. The molecule has 3 rings (SSSR count). The van der Waals surface area contributed by atoms with E-state index in [2.05, 4.69) is 20.5 Å². The molecule has 112 valence electrons. The number of ether oxygens (including phenoxy) is 1. The molecule has 1 unspecified atom stereocenters. The predicted molar refractivity (Wildman–Crippen MR) is 80.2 cm³/mol. The van der Waals surface area contributed by atoms with Crippen LogP contribution in [0.15, 0.2) is 5.38 Å². The standard InChI is InChI=1S/C12H15N5O2S2/c13-5-10-14-7(6-20-10)4-9(18)15-12-17-16-11(21-12)8-2-1-3-19-8/h6,8H,1-5,13H2,(H,15,17,18). The van der Waals surface area contributed by atoms with Crippen molar-refractivity contribution in [2.45, 2.75) is 31.9 Å². The second-order valence-corrected chi connectivity index (χ2v) is 6.56. The van der Waals surface area contributed by atoms with Crippen LogP contribution in [0.2, 0.25) is 0 Å². The van der Waals surface area contributed by atoms with Gasteiger partial charge in [-0.25, -0.2) is 4.98 Å². The summed E-state index contributed by atoms with van der Waals surface area (Å²) in [6.45, 7) is 1.16. The molecule has 1 aliphatic rings. The number of rotatable bonds is 5. The quantitative estimate of drug-likeness (QED) is 0.863. The Morgan fingerprint density at radius 3 is 3.14 bits per heavy atom. The Hall–Kier alpha value is -1.42. The van der Waals surface area contributed by atoms with Crippen LogP contribution >= 0.6 is 22.7 Å². The Kier molecular flexibility index (Phi) is 4.54. The molecule has 0 spiro atoms. The number of nitrogens with one attached hydrogen (secondary N) is 1. The van der Waals surface area contributed by atoms with Crippen LogP contribution in [-0.2, 0) is 22.5 Å². The molecule has 0 radical (unpaired) electrons. The molecule has 1 fully saturated rings. The highest BCUT2D eigenvalue weighted by atomic mass is 32.1. The summed E-state index contributed by atoms with van der Waals surface area (Å²) in [7, 11) is 0. The molecule has 1 aliphatic heterocycles. The molecule has 1 amide bonds. The summed E-state index contributed by atoms with van der Waals surface area (Å²) >= 11 is 2.82. The Labute approximate surface area is 129 Å². The number of hydrogen-bond donors (Lipinski definition) is 2. The van der Waals surface area contributed by atoms with Gasteiger partial charge in [-0.05, 0) is 12.8 Å². The third-order valence-corrected chi connectivity index (χ3v) is 4.86. The second-order valence-electron chi connectivity index (χ2n) is 4.61. The minimum Gasteiger partial charge on any atom is -0.371 e. The van der Waals surface area contributed by atoms with Crippen LogP contribution in [0.1, 0.15) is 34.7 Å². The fraction of sp³-hybridized carbons (Fsp3) is 0.500. The normalized spacial score (nSPS) is 18.0. The van der Waals surface area contributed by atoms with Gasteiger partial charge < -0.3 is 15.8 Å². The smallest absolute Gasteiger partial charge is 0.232 e. The third-order valence-electron chi connectivity index (χ3n) is 3.01. The first kappa shape index (κ1) is 14.5. The summed E-state index contributed by atoms with van der Waals surface area (Å²) in [6, 6.07) is 0. The van der Waals surface area contributed by atoms with E-state index in [0.717, 1.165) is 35.2 Å². The van der Waals surface area contributed by atoms with Crippen LogP contribution in [0.5, 0.6) is 0 Å². The van der Waals surface area contributed by atoms with Crippen molar-refractivity contribution in [2.24, 2.45) is 5.73 Å². The van der Waals surface area contributed by atoms with Gasteiger partial charge in [-0.2, -0.15) is 0 Å². The maximum Gasteiger partial charge on any atom is 0.232 e. The van der Waals surface area contributed by atoms with Gasteiger partial charge >= 0.3 is 0 Å². The molecule has 1 saturated heterocycles. The first-order chi connectivity index (χ1) is 10.2. The summed E-state index contributed by atoms with van der Waals surface area (Å²) in [4.78, 5) is 16.2. The maximum absolute atomic E-state index is 11.9. The third kappa shape index (κ3) is 3.62. The fourth-order valence-electron chi connectivity index (χ4n) is 2.04. The molecule has 21 heavy (non-hydrogen) atoms. The van der Waals surface area contributed by atoms with Crippen molar-refractivity contribution in [1.82, 2.24) is 15.2 Å². The van der Waals surface area contributed by atoms with Gasteiger partial charge in [0, 0.05) is 18.5 Å². The summed E-state index contributed by atoms with van der Waals surface area (Å²) in [5.41, 5.74) is 6.22. The van der Waals surface area contributed by atoms with E-state index in [9.17, 15) is 4.79 Å². The van der Waals surface area contributed by atoms with E-state index in [1.165, 1.54) is 22.7 Å². The number of hydrogen-bond acceptors (Lipinski definition) is 8. The van der Waals surface area contributed by atoms with Gasteiger partial charge in [0.25, 0.3) is 0 Å². The molecule has 0 aliphatic carbocycles. The van der Waals surface area contributed by atoms with Gasteiger partial charge in [0.15, 0.2) is 0 Å². The van der Waals surface area contributed by atoms with Crippen molar-refractivity contribution >= 4 is 33.7 Å². The molecule has 2 aromatic rings. The number of carbonyl (C=O) groups excluding carboxylic acids is 1. The van der Waals surface area contributed by atoms with E-state index in [0.29, 0.717) is 11.7 Å². The van der Waals surface area contributed by atoms with E-state index < -0.39 is 0 Å². The highest BCUT2D eigenvalue weighted by molar-refractivity contribution is 7.15. The first-order valence-electron chi connectivity index (χ1n) is 6.63. The van der Waals surface area contributed by atoms with Gasteiger partial charge in [-0.1, -0.05) is 11.3 Å². The zero-order valence-corrected chi connectivity index (χ0v) is 12.9. The predicted octanol–water partition coefficient (Wildman–Crippen LogP) is 1.49. The number of carbonyl (C=O) groups is 1. The lowest BCUT2D eigenvalue weighted by atomic mass is 10.2. The van der Waals surface area contributed by atoms with Crippen LogP contribution in [0.25, 0.3) is 0 Å². The molecule has 3 N–H and O–H groups in total. The number of nitrogens with two attached hydrogens (primary N) is 1. The first-order valence-corrected chi connectivity index (χ1v) is 8.32. The van der Waals surface area contributed by atoms with Gasteiger partial charge in [0.05, 0.1) is 12.1 Å². The molecule has 1 atom stereocenters. The zero-order valence-electron chi connectivity index (χ0n) is 11.2. The van der Waals surface area contributed by atoms with Crippen LogP contribution in [0.4, 0.5) is 5.13 Å². The topological polar surface area (TPSA) is 103 Å². The van der Waals surface area contributed by atoms with E-state index >= 15 is 0 Å². The highest BCUT2D eigenvalue weighted by Crippen LogP contribution is 2.31. The van der Waals surface area contributed by atoms with E-state index in [1.54, 1.807) is 0 Å². The van der Waals surface area contributed by atoms with Crippen molar-refractivity contribution in [3.05, 3.63) is 21.1 Å². The Balaban J connectivity index is 1.57. The average molecular weight is 325 g/mol. The molecule has 2 aromatic heterocycles. The van der Waals surface area contributed by atoms with Crippen LogP contribution in [0.3, 0.4) is 0 Å². The lowest BCUT2D eigenvalue weighted by molar-refractivity contribution is -0.115.